The maximum Gasteiger partial charge on any atom is 0.128 e. The highest BCUT2D eigenvalue weighted by atomic mass is 19.1. The Bertz CT molecular complexity index is 422. The predicted octanol–water partition coefficient (Wildman–Crippen LogP) is 2.84. The van der Waals surface area contributed by atoms with Gasteiger partial charge in [-0.1, -0.05) is 0 Å². The second-order valence-electron chi connectivity index (χ2n) is 5.21. The molecule has 1 aromatic carbocycles. The van der Waals surface area contributed by atoms with E-state index in [0.29, 0.717) is 11.6 Å². The summed E-state index contributed by atoms with van der Waals surface area (Å²) < 4.78 is 27.0. The SMILES string of the molecule is CC1CC(N)CCN1C(C)c1cc(F)ccc1F. The van der Waals surface area contributed by atoms with Crippen molar-refractivity contribution in [3.05, 3.63) is 35.4 Å². The van der Waals surface area contributed by atoms with E-state index >= 15 is 0 Å². The normalized spacial score (nSPS) is 27.2. The van der Waals surface area contributed by atoms with Crippen LogP contribution in [0.4, 0.5) is 8.78 Å². The summed E-state index contributed by atoms with van der Waals surface area (Å²) in [6.07, 6.45) is 1.81. The van der Waals surface area contributed by atoms with Gasteiger partial charge in [0.05, 0.1) is 0 Å². The Morgan fingerprint density at radius 2 is 2.11 bits per heavy atom. The predicted molar refractivity (Wildman–Crippen MR) is 68.2 cm³/mol. The number of nitrogens with zero attached hydrogens (tertiary/aromatic N) is 1. The average Bonchev–Trinajstić information content (AvgIpc) is 2.31. The van der Waals surface area contributed by atoms with Gasteiger partial charge in [-0.15, -0.1) is 0 Å². The lowest BCUT2D eigenvalue weighted by Gasteiger charge is -2.40. The largest absolute Gasteiger partial charge is 0.328 e. The summed E-state index contributed by atoms with van der Waals surface area (Å²) in [5, 5.41) is 0. The van der Waals surface area contributed by atoms with Crippen LogP contribution in [-0.4, -0.2) is 23.5 Å². The smallest absolute Gasteiger partial charge is 0.128 e. The first kappa shape index (κ1) is 13.4. The molecule has 2 rings (SSSR count). The molecule has 1 aromatic rings. The summed E-state index contributed by atoms with van der Waals surface area (Å²) in [6.45, 7) is 4.84. The number of nitrogens with two attached hydrogens (primary N) is 1. The van der Waals surface area contributed by atoms with Crippen LogP contribution in [0.3, 0.4) is 0 Å². The van der Waals surface area contributed by atoms with Gasteiger partial charge in [0, 0.05) is 30.2 Å². The molecule has 1 aliphatic rings. The van der Waals surface area contributed by atoms with E-state index in [1.807, 2.05) is 6.92 Å². The molecule has 0 spiro atoms. The van der Waals surface area contributed by atoms with Crippen LogP contribution in [0, 0.1) is 11.6 Å². The van der Waals surface area contributed by atoms with Crippen molar-refractivity contribution in [3.63, 3.8) is 0 Å². The molecule has 1 saturated heterocycles. The van der Waals surface area contributed by atoms with Crippen LogP contribution in [0.5, 0.6) is 0 Å². The van der Waals surface area contributed by atoms with Crippen molar-refractivity contribution in [1.82, 2.24) is 4.90 Å². The summed E-state index contributed by atoms with van der Waals surface area (Å²) in [5.41, 5.74) is 6.35. The summed E-state index contributed by atoms with van der Waals surface area (Å²) >= 11 is 0. The third-order valence-electron chi connectivity index (χ3n) is 3.87. The second kappa shape index (κ2) is 5.33. The van der Waals surface area contributed by atoms with Crippen LogP contribution in [0.1, 0.15) is 38.3 Å². The van der Waals surface area contributed by atoms with E-state index in [-0.39, 0.29) is 23.7 Å². The van der Waals surface area contributed by atoms with Crippen LogP contribution in [0.25, 0.3) is 0 Å². The Balaban J connectivity index is 2.20. The van der Waals surface area contributed by atoms with E-state index in [4.69, 9.17) is 5.73 Å². The minimum atomic E-state index is -0.389. The first-order chi connectivity index (χ1) is 8.49. The lowest BCUT2D eigenvalue weighted by Crippen LogP contribution is -2.46. The summed E-state index contributed by atoms with van der Waals surface area (Å²) in [7, 11) is 0. The Labute approximate surface area is 107 Å². The van der Waals surface area contributed by atoms with Crippen molar-refractivity contribution in [2.75, 3.05) is 6.54 Å². The molecule has 4 heteroatoms. The molecule has 1 heterocycles. The van der Waals surface area contributed by atoms with Gasteiger partial charge in [-0.05, 0) is 44.9 Å². The molecule has 0 saturated carbocycles. The molecule has 2 N–H and O–H groups in total. The fourth-order valence-electron chi connectivity index (χ4n) is 2.82. The van der Waals surface area contributed by atoms with Crippen molar-refractivity contribution in [1.29, 1.82) is 0 Å². The van der Waals surface area contributed by atoms with E-state index in [9.17, 15) is 8.78 Å². The van der Waals surface area contributed by atoms with E-state index in [1.54, 1.807) is 0 Å². The zero-order valence-electron chi connectivity index (χ0n) is 10.9. The van der Waals surface area contributed by atoms with E-state index in [0.717, 1.165) is 25.5 Å². The first-order valence-corrected chi connectivity index (χ1v) is 6.45. The van der Waals surface area contributed by atoms with Gasteiger partial charge in [-0.3, -0.25) is 4.90 Å². The maximum absolute atomic E-state index is 13.8. The molecule has 3 unspecified atom stereocenters. The molecule has 100 valence electrons. The number of benzene rings is 1. The summed E-state index contributed by atoms with van der Waals surface area (Å²) in [6, 6.07) is 4.04. The monoisotopic (exact) mass is 254 g/mol. The number of rotatable bonds is 2. The van der Waals surface area contributed by atoms with E-state index < -0.39 is 0 Å². The van der Waals surface area contributed by atoms with Crippen LogP contribution >= 0.6 is 0 Å². The second-order valence-corrected chi connectivity index (χ2v) is 5.21. The van der Waals surface area contributed by atoms with Gasteiger partial charge in [0.1, 0.15) is 11.6 Å². The molecule has 3 atom stereocenters. The van der Waals surface area contributed by atoms with Crippen LogP contribution in [-0.2, 0) is 0 Å². The minimum Gasteiger partial charge on any atom is -0.328 e. The van der Waals surface area contributed by atoms with Gasteiger partial charge in [0.25, 0.3) is 0 Å². The van der Waals surface area contributed by atoms with Crippen LogP contribution in [0.15, 0.2) is 18.2 Å². The zero-order valence-corrected chi connectivity index (χ0v) is 10.9. The van der Waals surface area contributed by atoms with E-state index in [2.05, 4.69) is 11.8 Å². The molecule has 2 nitrogen and oxygen atoms in total. The Kier molecular flexibility index (Phi) is 3.97. The van der Waals surface area contributed by atoms with Gasteiger partial charge in [0.2, 0.25) is 0 Å². The lowest BCUT2D eigenvalue weighted by molar-refractivity contribution is 0.102. The molecule has 1 aliphatic heterocycles. The third kappa shape index (κ3) is 2.70. The molecular formula is C14H20F2N2. The first-order valence-electron chi connectivity index (χ1n) is 6.45. The Hall–Kier alpha value is -1.00. The quantitative estimate of drug-likeness (QED) is 0.879. The van der Waals surface area contributed by atoms with Crippen molar-refractivity contribution < 1.29 is 8.78 Å². The van der Waals surface area contributed by atoms with Crippen molar-refractivity contribution >= 4 is 0 Å². The van der Waals surface area contributed by atoms with E-state index in [1.165, 1.54) is 12.1 Å². The minimum absolute atomic E-state index is 0.122. The number of piperidine rings is 1. The molecule has 0 amide bonds. The number of likely N-dealkylation sites (tertiary alicyclic amines) is 1. The Morgan fingerprint density at radius 3 is 2.78 bits per heavy atom. The number of hydrogen-bond acceptors (Lipinski definition) is 2. The number of hydrogen-bond donors (Lipinski definition) is 1. The van der Waals surface area contributed by atoms with Gasteiger partial charge in [-0.25, -0.2) is 8.78 Å². The standard InChI is InChI=1S/C14H20F2N2/c1-9-7-12(17)5-6-18(9)10(2)13-8-11(15)3-4-14(13)16/h3-4,8-10,12H,5-7,17H2,1-2H3. The zero-order chi connectivity index (χ0) is 13.3. The van der Waals surface area contributed by atoms with Crippen molar-refractivity contribution in [2.45, 2.75) is 44.8 Å². The molecule has 0 aromatic heterocycles. The summed E-state index contributed by atoms with van der Waals surface area (Å²) in [4.78, 5) is 2.20. The fourth-order valence-corrected chi connectivity index (χ4v) is 2.82. The fraction of sp³-hybridized carbons (Fsp3) is 0.571. The lowest BCUT2D eigenvalue weighted by atomic mass is 9.95. The number of halogens is 2. The van der Waals surface area contributed by atoms with Crippen LogP contribution < -0.4 is 5.73 Å². The highest BCUT2D eigenvalue weighted by Gasteiger charge is 2.28. The summed E-state index contributed by atoms with van der Waals surface area (Å²) in [5.74, 6) is -0.731. The maximum atomic E-state index is 13.8. The van der Waals surface area contributed by atoms with Gasteiger partial charge >= 0.3 is 0 Å². The highest BCUT2D eigenvalue weighted by molar-refractivity contribution is 5.22. The molecule has 0 bridgehead atoms. The molecular weight excluding hydrogens is 234 g/mol. The van der Waals surface area contributed by atoms with Crippen molar-refractivity contribution in [3.8, 4) is 0 Å². The van der Waals surface area contributed by atoms with Gasteiger partial charge in [-0.2, -0.15) is 0 Å². The Morgan fingerprint density at radius 1 is 1.39 bits per heavy atom. The highest BCUT2D eigenvalue weighted by Crippen LogP contribution is 2.29. The third-order valence-corrected chi connectivity index (χ3v) is 3.87. The molecule has 1 fully saturated rings. The van der Waals surface area contributed by atoms with Gasteiger partial charge < -0.3 is 5.73 Å². The topological polar surface area (TPSA) is 29.3 Å². The molecule has 18 heavy (non-hydrogen) atoms. The molecule has 0 aliphatic carbocycles. The van der Waals surface area contributed by atoms with Gasteiger partial charge in [0.15, 0.2) is 0 Å². The molecule has 0 radical (unpaired) electrons. The van der Waals surface area contributed by atoms with Crippen molar-refractivity contribution in [2.24, 2.45) is 5.73 Å². The average molecular weight is 254 g/mol. The van der Waals surface area contributed by atoms with Crippen LogP contribution in [0.2, 0.25) is 0 Å².